The second kappa shape index (κ2) is 8.52. The predicted octanol–water partition coefficient (Wildman–Crippen LogP) is 3.23. The van der Waals surface area contributed by atoms with Crippen molar-refractivity contribution in [3.05, 3.63) is 0 Å². The molecular weight excluding hydrogens is 162 g/mol. The fourth-order valence-corrected chi connectivity index (χ4v) is 1.72. The number of hydrogen-bond donors (Lipinski definition) is 0. The zero-order valence-electron chi connectivity index (χ0n) is 9.68. The highest BCUT2D eigenvalue weighted by Crippen LogP contribution is 2.13. The van der Waals surface area contributed by atoms with Gasteiger partial charge >= 0.3 is 0 Å². The van der Waals surface area contributed by atoms with Gasteiger partial charge in [0.2, 0.25) is 0 Å². The molecule has 0 saturated carbocycles. The predicted molar refractivity (Wildman–Crippen MR) is 57.6 cm³/mol. The standard InChI is InChI=1S/C11H25NO/c1-5-9-11(10-6-2)12(7-3)13-8-4/h11H,5-10H2,1-4H3. The highest BCUT2D eigenvalue weighted by atomic mass is 16.7. The minimum Gasteiger partial charge on any atom is -0.299 e. The summed E-state index contributed by atoms with van der Waals surface area (Å²) in [6.07, 6.45) is 4.99. The Hall–Kier alpha value is -0.0800. The summed E-state index contributed by atoms with van der Waals surface area (Å²) in [5.41, 5.74) is 0. The van der Waals surface area contributed by atoms with Crippen molar-refractivity contribution in [3.63, 3.8) is 0 Å². The molecule has 13 heavy (non-hydrogen) atoms. The Labute approximate surface area is 83.2 Å². The molecule has 0 aromatic heterocycles. The van der Waals surface area contributed by atoms with Crippen molar-refractivity contribution in [3.8, 4) is 0 Å². The topological polar surface area (TPSA) is 12.5 Å². The van der Waals surface area contributed by atoms with Crippen LogP contribution < -0.4 is 0 Å². The van der Waals surface area contributed by atoms with Crippen LogP contribution in [0, 0.1) is 0 Å². The van der Waals surface area contributed by atoms with E-state index in [0.717, 1.165) is 13.2 Å². The molecule has 0 aromatic rings. The zero-order chi connectivity index (χ0) is 10.1. The maximum Gasteiger partial charge on any atom is 0.0657 e. The van der Waals surface area contributed by atoms with Crippen LogP contribution in [-0.2, 0) is 4.84 Å². The van der Waals surface area contributed by atoms with Crippen LogP contribution in [0.15, 0.2) is 0 Å². The third-order valence-electron chi connectivity index (χ3n) is 2.26. The van der Waals surface area contributed by atoms with E-state index < -0.39 is 0 Å². The van der Waals surface area contributed by atoms with E-state index in [2.05, 4.69) is 32.8 Å². The normalized spacial score (nSPS) is 11.5. The molecule has 2 nitrogen and oxygen atoms in total. The van der Waals surface area contributed by atoms with Gasteiger partial charge in [0.05, 0.1) is 6.61 Å². The average molecular weight is 187 g/mol. The summed E-state index contributed by atoms with van der Waals surface area (Å²) in [7, 11) is 0. The molecule has 80 valence electrons. The fraction of sp³-hybridized carbons (Fsp3) is 1.00. The fourth-order valence-electron chi connectivity index (χ4n) is 1.72. The maximum absolute atomic E-state index is 5.59. The SMILES string of the molecule is CCCC(CCC)N(CC)OCC. The van der Waals surface area contributed by atoms with Crippen LogP contribution >= 0.6 is 0 Å². The van der Waals surface area contributed by atoms with Crippen LogP contribution in [0.3, 0.4) is 0 Å². The van der Waals surface area contributed by atoms with Crippen molar-refractivity contribution in [2.45, 2.75) is 59.4 Å². The third-order valence-corrected chi connectivity index (χ3v) is 2.26. The van der Waals surface area contributed by atoms with Gasteiger partial charge in [-0.2, -0.15) is 5.06 Å². The van der Waals surface area contributed by atoms with Crippen LogP contribution in [0.25, 0.3) is 0 Å². The van der Waals surface area contributed by atoms with Crippen LogP contribution in [0.5, 0.6) is 0 Å². The molecule has 0 aliphatic carbocycles. The smallest absolute Gasteiger partial charge is 0.0657 e. The summed E-state index contributed by atoms with van der Waals surface area (Å²) >= 11 is 0. The van der Waals surface area contributed by atoms with Gasteiger partial charge < -0.3 is 0 Å². The number of hydrogen-bond acceptors (Lipinski definition) is 2. The van der Waals surface area contributed by atoms with Crippen molar-refractivity contribution < 1.29 is 4.84 Å². The quantitative estimate of drug-likeness (QED) is 0.541. The van der Waals surface area contributed by atoms with Crippen LogP contribution in [0.2, 0.25) is 0 Å². The average Bonchev–Trinajstić information content (AvgIpc) is 2.14. The van der Waals surface area contributed by atoms with Crippen molar-refractivity contribution in [1.29, 1.82) is 0 Å². The Morgan fingerprint density at radius 3 is 1.85 bits per heavy atom. The lowest BCUT2D eigenvalue weighted by Crippen LogP contribution is -2.35. The van der Waals surface area contributed by atoms with E-state index in [1.54, 1.807) is 0 Å². The summed E-state index contributed by atoms with van der Waals surface area (Å²) in [5.74, 6) is 0. The summed E-state index contributed by atoms with van der Waals surface area (Å²) in [5, 5.41) is 2.15. The Kier molecular flexibility index (Phi) is 8.46. The van der Waals surface area contributed by atoms with Gasteiger partial charge in [-0.15, -0.1) is 0 Å². The molecule has 0 atom stereocenters. The van der Waals surface area contributed by atoms with Crippen LogP contribution in [0.1, 0.15) is 53.4 Å². The molecule has 0 unspecified atom stereocenters. The molecule has 0 N–H and O–H groups in total. The third kappa shape index (κ3) is 5.27. The first kappa shape index (κ1) is 12.9. The monoisotopic (exact) mass is 187 g/mol. The van der Waals surface area contributed by atoms with Crippen molar-refractivity contribution in [2.24, 2.45) is 0 Å². The Morgan fingerprint density at radius 2 is 1.54 bits per heavy atom. The van der Waals surface area contributed by atoms with Gasteiger partial charge in [0, 0.05) is 12.6 Å². The lowest BCUT2D eigenvalue weighted by molar-refractivity contribution is -0.182. The molecule has 0 radical (unpaired) electrons. The highest BCUT2D eigenvalue weighted by Gasteiger charge is 2.15. The number of hydroxylamine groups is 2. The first-order valence-corrected chi connectivity index (χ1v) is 5.69. The van der Waals surface area contributed by atoms with Gasteiger partial charge in [0.25, 0.3) is 0 Å². The molecule has 0 amide bonds. The second-order valence-corrected chi connectivity index (χ2v) is 3.38. The minimum absolute atomic E-state index is 0.625. The Balaban J connectivity index is 3.94. The van der Waals surface area contributed by atoms with E-state index in [0.29, 0.717) is 6.04 Å². The van der Waals surface area contributed by atoms with E-state index in [4.69, 9.17) is 4.84 Å². The Bertz CT molecular complexity index is 100. The molecule has 0 saturated heterocycles. The van der Waals surface area contributed by atoms with Crippen molar-refractivity contribution >= 4 is 0 Å². The summed E-state index contributed by atoms with van der Waals surface area (Å²) in [4.78, 5) is 5.59. The number of rotatable bonds is 8. The summed E-state index contributed by atoms with van der Waals surface area (Å²) in [6, 6.07) is 0.625. The summed E-state index contributed by atoms with van der Waals surface area (Å²) < 4.78 is 0. The van der Waals surface area contributed by atoms with E-state index in [1.165, 1.54) is 25.7 Å². The molecule has 0 aliphatic rings. The maximum atomic E-state index is 5.59. The van der Waals surface area contributed by atoms with Crippen molar-refractivity contribution in [2.75, 3.05) is 13.2 Å². The molecule has 0 spiro atoms. The first-order valence-electron chi connectivity index (χ1n) is 5.69. The van der Waals surface area contributed by atoms with E-state index in [9.17, 15) is 0 Å². The van der Waals surface area contributed by atoms with Crippen LogP contribution in [-0.4, -0.2) is 24.3 Å². The zero-order valence-corrected chi connectivity index (χ0v) is 9.68. The minimum atomic E-state index is 0.625. The molecule has 0 aliphatic heterocycles. The highest BCUT2D eigenvalue weighted by molar-refractivity contribution is 4.63. The van der Waals surface area contributed by atoms with Crippen LogP contribution in [0.4, 0.5) is 0 Å². The molecule has 0 rings (SSSR count). The molecule has 2 heteroatoms. The summed E-state index contributed by atoms with van der Waals surface area (Å²) in [6.45, 7) is 10.5. The van der Waals surface area contributed by atoms with Gasteiger partial charge in [-0.25, -0.2) is 0 Å². The number of nitrogens with zero attached hydrogens (tertiary/aromatic N) is 1. The first-order chi connectivity index (χ1) is 6.29. The van der Waals surface area contributed by atoms with Gasteiger partial charge in [-0.05, 0) is 19.8 Å². The molecular formula is C11H25NO. The molecule has 0 bridgehead atoms. The lowest BCUT2D eigenvalue weighted by atomic mass is 10.1. The Morgan fingerprint density at radius 1 is 1.00 bits per heavy atom. The second-order valence-electron chi connectivity index (χ2n) is 3.38. The lowest BCUT2D eigenvalue weighted by Gasteiger charge is -2.29. The van der Waals surface area contributed by atoms with Gasteiger partial charge in [-0.1, -0.05) is 33.6 Å². The van der Waals surface area contributed by atoms with Gasteiger partial charge in [0.1, 0.15) is 0 Å². The molecule has 0 fully saturated rings. The van der Waals surface area contributed by atoms with E-state index in [-0.39, 0.29) is 0 Å². The van der Waals surface area contributed by atoms with Crippen molar-refractivity contribution in [1.82, 2.24) is 5.06 Å². The largest absolute Gasteiger partial charge is 0.299 e. The van der Waals surface area contributed by atoms with E-state index >= 15 is 0 Å². The molecule has 0 heterocycles. The van der Waals surface area contributed by atoms with Gasteiger partial charge in [-0.3, -0.25) is 4.84 Å². The van der Waals surface area contributed by atoms with Gasteiger partial charge in [0.15, 0.2) is 0 Å². The molecule has 0 aromatic carbocycles. The van der Waals surface area contributed by atoms with E-state index in [1.807, 2.05) is 0 Å².